The monoisotopic (exact) mass is 533 g/mol. The molecule has 1 saturated carbocycles. The Morgan fingerprint density at radius 1 is 1.06 bits per heavy atom. The number of nitrogens with one attached hydrogen (secondary N) is 1. The van der Waals surface area contributed by atoms with Crippen molar-refractivity contribution in [1.29, 1.82) is 0 Å². The van der Waals surface area contributed by atoms with Crippen molar-refractivity contribution < 1.29 is 18.0 Å². The number of halogens is 1. The fourth-order valence-corrected chi connectivity index (χ4v) is 5.71. The molecule has 2 amide bonds. The molecule has 0 bridgehead atoms. The number of carbonyl (C=O) groups is 2. The van der Waals surface area contributed by atoms with Gasteiger partial charge in [-0.15, -0.1) is 0 Å². The second-order valence-corrected chi connectivity index (χ2v) is 11.8. The van der Waals surface area contributed by atoms with Crippen LogP contribution in [0.5, 0.6) is 0 Å². The summed E-state index contributed by atoms with van der Waals surface area (Å²) in [4.78, 5) is 28.0. The van der Waals surface area contributed by atoms with Crippen molar-refractivity contribution in [3.05, 3.63) is 65.2 Å². The average molecular weight is 534 g/mol. The predicted molar refractivity (Wildman–Crippen MR) is 144 cm³/mol. The lowest BCUT2D eigenvalue weighted by atomic mass is 9.95. The van der Waals surface area contributed by atoms with Crippen LogP contribution in [-0.2, 0) is 26.2 Å². The van der Waals surface area contributed by atoms with E-state index in [2.05, 4.69) is 5.32 Å². The SMILES string of the molecule is C[C@H](C(=O)NC1CCCCC1)N(Cc1ccccc1)C(=O)CCCN(c1cccc(Cl)c1)S(C)(=O)=O. The topological polar surface area (TPSA) is 86.8 Å². The van der Waals surface area contributed by atoms with Gasteiger partial charge in [-0.2, -0.15) is 0 Å². The number of benzene rings is 2. The lowest BCUT2D eigenvalue weighted by Gasteiger charge is -2.31. The standard InChI is InChI=1S/C27H36ClN3O4S/c1-21(27(33)29-24-14-7-4-8-15-24)30(20-22-11-5-3-6-12-22)26(32)17-10-18-31(36(2,34)35)25-16-9-13-23(28)19-25/h3,5-6,9,11-13,16,19,21,24H,4,7-8,10,14-15,17-18,20H2,1-2H3,(H,29,33)/t21-/m1/s1. The van der Waals surface area contributed by atoms with E-state index in [0.717, 1.165) is 37.5 Å². The second-order valence-electron chi connectivity index (χ2n) is 9.45. The van der Waals surface area contributed by atoms with Gasteiger partial charge in [-0.05, 0) is 49.9 Å². The number of hydrogen-bond acceptors (Lipinski definition) is 4. The van der Waals surface area contributed by atoms with Crippen LogP contribution in [0.25, 0.3) is 0 Å². The van der Waals surface area contributed by atoms with Gasteiger partial charge in [-0.1, -0.05) is 67.3 Å². The minimum Gasteiger partial charge on any atom is -0.352 e. The molecule has 1 aliphatic rings. The molecule has 2 aromatic carbocycles. The fourth-order valence-electron chi connectivity index (χ4n) is 4.57. The summed E-state index contributed by atoms with van der Waals surface area (Å²) < 4.78 is 26.1. The van der Waals surface area contributed by atoms with Crippen LogP contribution in [-0.4, -0.2) is 50.0 Å². The van der Waals surface area contributed by atoms with Gasteiger partial charge in [-0.25, -0.2) is 8.42 Å². The van der Waals surface area contributed by atoms with Crippen LogP contribution in [0, 0.1) is 0 Å². The maximum atomic E-state index is 13.4. The highest BCUT2D eigenvalue weighted by Crippen LogP contribution is 2.23. The maximum Gasteiger partial charge on any atom is 0.242 e. The van der Waals surface area contributed by atoms with E-state index in [9.17, 15) is 18.0 Å². The molecule has 0 spiro atoms. The van der Waals surface area contributed by atoms with Crippen molar-refractivity contribution in [3.8, 4) is 0 Å². The predicted octanol–water partition coefficient (Wildman–Crippen LogP) is 4.75. The van der Waals surface area contributed by atoms with Crippen LogP contribution in [0.2, 0.25) is 5.02 Å². The summed E-state index contributed by atoms with van der Waals surface area (Å²) in [6.45, 7) is 2.20. The summed E-state index contributed by atoms with van der Waals surface area (Å²) >= 11 is 6.06. The second kappa shape index (κ2) is 13.1. The van der Waals surface area contributed by atoms with Crippen molar-refractivity contribution in [2.24, 2.45) is 0 Å². The third-order valence-electron chi connectivity index (χ3n) is 6.56. The summed E-state index contributed by atoms with van der Waals surface area (Å²) in [6.07, 6.45) is 6.90. The van der Waals surface area contributed by atoms with Crippen molar-refractivity contribution >= 4 is 39.1 Å². The zero-order chi connectivity index (χ0) is 26.1. The van der Waals surface area contributed by atoms with E-state index in [0.29, 0.717) is 23.7 Å². The lowest BCUT2D eigenvalue weighted by molar-refractivity contribution is -0.141. The molecular weight excluding hydrogens is 498 g/mol. The Balaban J connectivity index is 1.69. The van der Waals surface area contributed by atoms with Crippen molar-refractivity contribution in [2.45, 2.75) is 70.5 Å². The van der Waals surface area contributed by atoms with Crippen LogP contribution in [0.3, 0.4) is 0 Å². The minimum atomic E-state index is -3.56. The lowest BCUT2D eigenvalue weighted by Crippen LogP contribution is -2.50. The van der Waals surface area contributed by atoms with Crippen LogP contribution >= 0.6 is 11.6 Å². The Morgan fingerprint density at radius 3 is 2.39 bits per heavy atom. The first-order chi connectivity index (χ1) is 17.1. The maximum absolute atomic E-state index is 13.4. The third kappa shape index (κ3) is 8.23. The van der Waals surface area contributed by atoms with Gasteiger partial charge in [0.05, 0.1) is 11.9 Å². The van der Waals surface area contributed by atoms with Gasteiger partial charge in [0, 0.05) is 30.6 Å². The molecule has 7 nitrogen and oxygen atoms in total. The quantitative estimate of drug-likeness (QED) is 0.451. The van der Waals surface area contributed by atoms with E-state index in [1.807, 2.05) is 30.3 Å². The Morgan fingerprint density at radius 2 is 1.75 bits per heavy atom. The number of hydrogen-bond donors (Lipinski definition) is 1. The van der Waals surface area contributed by atoms with E-state index in [4.69, 9.17) is 11.6 Å². The fraction of sp³-hybridized carbons (Fsp3) is 0.481. The number of sulfonamides is 1. The van der Waals surface area contributed by atoms with Gasteiger partial charge in [0.25, 0.3) is 0 Å². The molecule has 0 aliphatic heterocycles. The molecule has 2 aromatic rings. The Kier molecular flexibility index (Phi) is 10.2. The summed E-state index contributed by atoms with van der Waals surface area (Å²) in [5.74, 6) is -0.340. The first-order valence-corrected chi connectivity index (χ1v) is 14.7. The number of amides is 2. The van der Waals surface area contributed by atoms with Gasteiger partial charge in [0.15, 0.2) is 0 Å². The molecule has 3 rings (SSSR count). The summed E-state index contributed by atoms with van der Waals surface area (Å²) in [7, 11) is -3.56. The molecule has 196 valence electrons. The van der Waals surface area contributed by atoms with Gasteiger partial charge in [0.2, 0.25) is 21.8 Å². The van der Waals surface area contributed by atoms with Crippen LogP contribution in [0.1, 0.15) is 57.4 Å². The van der Waals surface area contributed by atoms with Crippen molar-refractivity contribution in [2.75, 3.05) is 17.1 Å². The Bertz CT molecular complexity index is 1120. The van der Waals surface area contributed by atoms with Crippen molar-refractivity contribution in [3.63, 3.8) is 0 Å². The van der Waals surface area contributed by atoms with Crippen molar-refractivity contribution in [1.82, 2.24) is 10.2 Å². The molecule has 0 aromatic heterocycles. The molecule has 0 unspecified atom stereocenters. The Labute approximate surface area is 219 Å². The first kappa shape index (κ1) is 28.0. The Hall–Kier alpha value is -2.58. The number of rotatable bonds is 11. The molecule has 9 heteroatoms. The van der Waals surface area contributed by atoms with E-state index >= 15 is 0 Å². The highest BCUT2D eigenvalue weighted by Gasteiger charge is 2.28. The average Bonchev–Trinajstić information content (AvgIpc) is 2.85. The third-order valence-corrected chi connectivity index (χ3v) is 7.99. The van der Waals surface area contributed by atoms with Crippen LogP contribution in [0.4, 0.5) is 5.69 Å². The smallest absolute Gasteiger partial charge is 0.242 e. The highest BCUT2D eigenvalue weighted by atomic mass is 35.5. The van der Waals surface area contributed by atoms with Crippen LogP contribution < -0.4 is 9.62 Å². The van der Waals surface area contributed by atoms with Gasteiger partial charge in [-0.3, -0.25) is 13.9 Å². The van der Waals surface area contributed by atoms with E-state index in [1.165, 1.54) is 10.7 Å². The van der Waals surface area contributed by atoms with E-state index in [1.54, 1.807) is 36.1 Å². The van der Waals surface area contributed by atoms with Gasteiger partial charge >= 0.3 is 0 Å². The van der Waals surface area contributed by atoms with E-state index < -0.39 is 16.1 Å². The molecule has 1 N–H and O–H groups in total. The molecule has 1 atom stereocenters. The first-order valence-electron chi connectivity index (χ1n) is 12.5. The normalized spacial score (nSPS) is 15.2. The van der Waals surface area contributed by atoms with Gasteiger partial charge < -0.3 is 10.2 Å². The molecular formula is C27H36ClN3O4S. The zero-order valence-electron chi connectivity index (χ0n) is 21.0. The molecule has 1 aliphatic carbocycles. The number of nitrogens with zero attached hydrogens (tertiary/aromatic N) is 2. The summed E-state index contributed by atoms with van der Waals surface area (Å²) in [5.41, 5.74) is 1.39. The minimum absolute atomic E-state index is 0.112. The molecule has 0 radical (unpaired) electrons. The summed E-state index contributed by atoms with van der Waals surface area (Å²) in [6, 6.07) is 15.7. The molecule has 36 heavy (non-hydrogen) atoms. The number of carbonyl (C=O) groups excluding carboxylic acids is 2. The largest absolute Gasteiger partial charge is 0.352 e. The number of anilines is 1. The molecule has 0 saturated heterocycles. The summed E-state index contributed by atoms with van der Waals surface area (Å²) in [5, 5.41) is 3.56. The van der Waals surface area contributed by atoms with E-state index in [-0.39, 0.29) is 30.8 Å². The van der Waals surface area contributed by atoms with Gasteiger partial charge in [0.1, 0.15) is 6.04 Å². The highest BCUT2D eigenvalue weighted by molar-refractivity contribution is 7.92. The molecule has 1 fully saturated rings. The molecule has 0 heterocycles. The zero-order valence-corrected chi connectivity index (χ0v) is 22.6. The van der Waals surface area contributed by atoms with Crippen LogP contribution in [0.15, 0.2) is 54.6 Å².